The van der Waals surface area contributed by atoms with E-state index in [0.29, 0.717) is 24.8 Å². The first kappa shape index (κ1) is 16.6. The minimum atomic E-state index is -4.60. The summed E-state index contributed by atoms with van der Waals surface area (Å²) in [5.74, 6) is -0.103. The molecule has 0 bridgehead atoms. The van der Waals surface area contributed by atoms with Gasteiger partial charge < -0.3 is 10.0 Å². The number of fused-ring (bicyclic) bond motifs is 1. The van der Waals surface area contributed by atoms with Gasteiger partial charge in [0, 0.05) is 13.1 Å². The van der Waals surface area contributed by atoms with Gasteiger partial charge in [-0.05, 0) is 48.6 Å². The predicted octanol–water partition coefficient (Wildman–Crippen LogP) is 3.23. The number of phenolic OH excluding ortho intramolecular Hbond substituents is 1. The Hall–Kier alpha value is -2.84. The summed E-state index contributed by atoms with van der Waals surface area (Å²) in [6, 6.07) is 10.4. The molecule has 1 aliphatic heterocycles. The third-order valence-corrected chi connectivity index (χ3v) is 4.66. The highest BCUT2D eigenvalue weighted by Gasteiger charge is 2.37. The van der Waals surface area contributed by atoms with E-state index in [-0.39, 0.29) is 11.4 Å². The van der Waals surface area contributed by atoms with Crippen molar-refractivity contribution < 1.29 is 18.3 Å². The molecule has 0 unspecified atom stereocenters. The molecule has 1 saturated heterocycles. The molecule has 9 heteroatoms. The Morgan fingerprint density at radius 1 is 1.04 bits per heavy atom. The largest absolute Gasteiger partial charge is 0.508 e. The third-order valence-electron chi connectivity index (χ3n) is 4.66. The first-order chi connectivity index (χ1) is 12.4. The summed E-state index contributed by atoms with van der Waals surface area (Å²) >= 11 is 0. The number of nitrogens with zero attached hydrogens (tertiary/aromatic N) is 5. The molecule has 4 rings (SSSR count). The molecule has 0 amide bonds. The topological polar surface area (TPSA) is 66.5 Å². The van der Waals surface area contributed by atoms with Gasteiger partial charge in [0.15, 0.2) is 5.65 Å². The van der Waals surface area contributed by atoms with Gasteiger partial charge in [-0.25, -0.2) is 0 Å². The van der Waals surface area contributed by atoms with Crippen molar-refractivity contribution in [1.29, 1.82) is 0 Å². The molecule has 0 atom stereocenters. The van der Waals surface area contributed by atoms with Gasteiger partial charge >= 0.3 is 6.18 Å². The summed E-state index contributed by atoms with van der Waals surface area (Å²) in [4.78, 5) is 1.96. The van der Waals surface area contributed by atoms with E-state index in [1.165, 1.54) is 6.07 Å². The highest BCUT2D eigenvalue weighted by atomic mass is 19.4. The van der Waals surface area contributed by atoms with Crippen molar-refractivity contribution in [3.8, 4) is 5.75 Å². The Morgan fingerprint density at radius 3 is 2.50 bits per heavy atom. The van der Waals surface area contributed by atoms with Crippen LogP contribution in [0, 0.1) is 0 Å². The first-order valence-electron chi connectivity index (χ1n) is 8.25. The van der Waals surface area contributed by atoms with E-state index < -0.39 is 12.0 Å². The van der Waals surface area contributed by atoms with Gasteiger partial charge in [0.1, 0.15) is 11.6 Å². The number of hydrogen-bond acceptors (Lipinski definition) is 5. The number of hydrogen-bond donors (Lipinski definition) is 1. The van der Waals surface area contributed by atoms with E-state index in [9.17, 15) is 18.3 Å². The second kappa shape index (κ2) is 6.15. The lowest BCUT2D eigenvalue weighted by molar-refractivity contribution is -0.146. The molecule has 1 fully saturated rings. The van der Waals surface area contributed by atoms with E-state index in [0.717, 1.165) is 22.9 Å². The van der Waals surface area contributed by atoms with Crippen LogP contribution in [0.3, 0.4) is 0 Å². The van der Waals surface area contributed by atoms with Gasteiger partial charge in [-0.3, -0.25) is 0 Å². The van der Waals surface area contributed by atoms with E-state index in [1.54, 1.807) is 18.2 Å². The monoisotopic (exact) mass is 363 g/mol. The Balaban J connectivity index is 1.54. The van der Waals surface area contributed by atoms with Gasteiger partial charge in [-0.1, -0.05) is 12.1 Å². The second-order valence-electron chi connectivity index (χ2n) is 6.34. The molecular formula is C17H16F3N5O. The van der Waals surface area contributed by atoms with Crippen LogP contribution in [0.1, 0.15) is 30.1 Å². The van der Waals surface area contributed by atoms with Crippen molar-refractivity contribution in [2.45, 2.75) is 24.9 Å². The molecule has 0 aliphatic carbocycles. The predicted molar refractivity (Wildman–Crippen MR) is 88.1 cm³/mol. The maximum Gasteiger partial charge on any atom is 0.453 e. The molecule has 2 aromatic heterocycles. The van der Waals surface area contributed by atoms with Gasteiger partial charge in [0.2, 0.25) is 0 Å². The SMILES string of the molecule is Oc1cccc(C2CCN(c3ccc4nnc(C(F)(F)F)n4n3)CC2)c1. The fraction of sp³-hybridized carbons (Fsp3) is 0.353. The van der Waals surface area contributed by atoms with Crippen LogP contribution >= 0.6 is 0 Å². The van der Waals surface area contributed by atoms with Gasteiger partial charge in [0.25, 0.3) is 5.82 Å². The summed E-state index contributed by atoms with van der Waals surface area (Å²) in [7, 11) is 0. The molecule has 1 aliphatic rings. The van der Waals surface area contributed by atoms with Crippen molar-refractivity contribution >= 4 is 11.5 Å². The Labute approximate surface area is 146 Å². The van der Waals surface area contributed by atoms with E-state index >= 15 is 0 Å². The smallest absolute Gasteiger partial charge is 0.453 e. The zero-order valence-electron chi connectivity index (χ0n) is 13.7. The molecule has 3 aromatic rings. The van der Waals surface area contributed by atoms with E-state index in [1.807, 2.05) is 17.0 Å². The Kier molecular flexibility index (Phi) is 3.93. The average Bonchev–Trinajstić information content (AvgIpc) is 3.05. The summed E-state index contributed by atoms with van der Waals surface area (Å²) in [6.45, 7) is 1.34. The van der Waals surface area contributed by atoms with Crippen molar-refractivity contribution in [3.05, 3.63) is 47.8 Å². The number of aromatic nitrogens is 4. The molecular weight excluding hydrogens is 347 g/mol. The number of piperidine rings is 1. The van der Waals surface area contributed by atoms with E-state index in [2.05, 4.69) is 15.3 Å². The lowest BCUT2D eigenvalue weighted by Gasteiger charge is -2.33. The number of benzene rings is 1. The molecule has 136 valence electrons. The summed E-state index contributed by atoms with van der Waals surface area (Å²) < 4.78 is 39.7. The quantitative estimate of drug-likeness (QED) is 0.757. The third kappa shape index (κ3) is 3.04. The van der Waals surface area contributed by atoms with E-state index in [4.69, 9.17) is 0 Å². The minimum Gasteiger partial charge on any atom is -0.508 e. The number of phenols is 1. The van der Waals surface area contributed by atoms with Crippen LogP contribution in [0.15, 0.2) is 36.4 Å². The maximum absolute atomic E-state index is 13.0. The molecule has 1 N–H and O–H groups in total. The van der Waals surface area contributed by atoms with Crippen LogP contribution in [0.2, 0.25) is 0 Å². The summed E-state index contributed by atoms with van der Waals surface area (Å²) in [6.07, 6.45) is -2.94. The molecule has 6 nitrogen and oxygen atoms in total. The van der Waals surface area contributed by atoms with Gasteiger partial charge in [-0.15, -0.1) is 15.3 Å². The standard InChI is InChI=1S/C17H16F3N5O/c18-17(19,20)16-22-21-14-4-5-15(23-25(14)16)24-8-6-11(7-9-24)12-2-1-3-13(26)10-12/h1-5,10-11,26H,6-9H2. The van der Waals surface area contributed by atoms with Crippen LogP contribution in [-0.4, -0.2) is 38.0 Å². The first-order valence-corrected chi connectivity index (χ1v) is 8.25. The maximum atomic E-state index is 13.0. The molecule has 1 aromatic carbocycles. The summed E-state index contributed by atoms with van der Waals surface area (Å²) in [5, 5.41) is 20.4. The average molecular weight is 363 g/mol. The number of rotatable bonds is 2. The Morgan fingerprint density at radius 2 is 1.81 bits per heavy atom. The van der Waals surface area contributed by atoms with Crippen LogP contribution in [0.4, 0.5) is 19.0 Å². The molecule has 0 radical (unpaired) electrons. The Bertz CT molecular complexity index is 932. The zero-order chi connectivity index (χ0) is 18.3. The van der Waals surface area contributed by atoms with Crippen molar-refractivity contribution in [2.75, 3.05) is 18.0 Å². The minimum absolute atomic E-state index is 0.0655. The normalized spacial score (nSPS) is 16.3. The zero-order valence-corrected chi connectivity index (χ0v) is 13.7. The van der Waals surface area contributed by atoms with Crippen molar-refractivity contribution in [3.63, 3.8) is 0 Å². The van der Waals surface area contributed by atoms with Crippen LogP contribution in [0.5, 0.6) is 5.75 Å². The number of halogens is 3. The van der Waals surface area contributed by atoms with Gasteiger partial charge in [0.05, 0.1) is 0 Å². The molecule has 3 heterocycles. The molecule has 0 saturated carbocycles. The molecule has 0 spiro atoms. The second-order valence-corrected chi connectivity index (χ2v) is 6.34. The number of alkyl halides is 3. The van der Waals surface area contributed by atoms with Gasteiger partial charge in [-0.2, -0.15) is 17.7 Å². The van der Waals surface area contributed by atoms with Crippen molar-refractivity contribution in [1.82, 2.24) is 19.8 Å². The molecule has 26 heavy (non-hydrogen) atoms. The fourth-order valence-electron chi connectivity index (χ4n) is 3.35. The highest BCUT2D eigenvalue weighted by Crippen LogP contribution is 2.32. The summed E-state index contributed by atoms with van der Waals surface area (Å²) in [5.41, 5.74) is 1.14. The van der Waals surface area contributed by atoms with Crippen molar-refractivity contribution in [2.24, 2.45) is 0 Å². The van der Waals surface area contributed by atoms with Crippen LogP contribution in [0.25, 0.3) is 5.65 Å². The van der Waals surface area contributed by atoms with Crippen LogP contribution in [-0.2, 0) is 6.18 Å². The number of anilines is 1. The lowest BCUT2D eigenvalue weighted by Crippen LogP contribution is -2.34. The van der Waals surface area contributed by atoms with Crippen LogP contribution < -0.4 is 4.90 Å². The highest BCUT2D eigenvalue weighted by molar-refractivity contribution is 5.46. The fourth-order valence-corrected chi connectivity index (χ4v) is 3.35. The number of aromatic hydroxyl groups is 1. The lowest BCUT2D eigenvalue weighted by atomic mass is 9.89.